The predicted octanol–water partition coefficient (Wildman–Crippen LogP) is 4.56. The molecular formula is C17H13BrN2O. The van der Waals surface area contributed by atoms with Gasteiger partial charge in [-0.2, -0.15) is 0 Å². The molecule has 0 atom stereocenters. The van der Waals surface area contributed by atoms with Crippen LogP contribution in [0, 0.1) is 6.92 Å². The molecule has 0 fully saturated rings. The third kappa shape index (κ3) is 2.81. The van der Waals surface area contributed by atoms with Gasteiger partial charge in [0, 0.05) is 9.86 Å². The molecule has 0 spiro atoms. The third-order valence-electron chi connectivity index (χ3n) is 3.27. The van der Waals surface area contributed by atoms with Gasteiger partial charge in [-0.05, 0) is 46.6 Å². The van der Waals surface area contributed by atoms with Crippen molar-refractivity contribution < 1.29 is 4.79 Å². The standard InChI is InChI=1S/C17H13BrN2O/c1-11-5-4-8-14(16(11)18)20-17(21)15-10-9-12-6-2-3-7-13(12)19-15/h2-10H,1H3,(H,20,21). The lowest BCUT2D eigenvalue weighted by Gasteiger charge is -2.09. The summed E-state index contributed by atoms with van der Waals surface area (Å²) in [6.07, 6.45) is 0. The number of nitrogens with zero attached hydrogens (tertiary/aromatic N) is 1. The van der Waals surface area contributed by atoms with Gasteiger partial charge in [0.25, 0.3) is 5.91 Å². The summed E-state index contributed by atoms with van der Waals surface area (Å²) in [5.41, 5.74) is 3.03. The quantitative estimate of drug-likeness (QED) is 0.743. The molecule has 0 radical (unpaired) electrons. The van der Waals surface area contributed by atoms with E-state index in [1.165, 1.54) is 0 Å². The van der Waals surface area contributed by atoms with Crippen molar-refractivity contribution in [3.05, 3.63) is 70.3 Å². The summed E-state index contributed by atoms with van der Waals surface area (Å²) in [5.74, 6) is -0.216. The van der Waals surface area contributed by atoms with E-state index >= 15 is 0 Å². The van der Waals surface area contributed by atoms with Crippen LogP contribution in [-0.2, 0) is 0 Å². The number of anilines is 1. The molecule has 1 aromatic heterocycles. The molecule has 1 N–H and O–H groups in total. The second kappa shape index (κ2) is 5.66. The molecule has 104 valence electrons. The second-order valence-electron chi connectivity index (χ2n) is 4.78. The average molecular weight is 341 g/mol. The molecule has 1 amide bonds. The Morgan fingerprint density at radius 2 is 1.86 bits per heavy atom. The minimum absolute atomic E-state index is 0.216. The van der Waals surface area contributed by atoms with E-state index in [1.54, 1.807) is 6.07 Å². The number of aromatic nitrogens is 1. The molecule has 0 saturated heterocycles. The van der Waals surface area contributed by atoms with Crippen molar-refractivity contribution in [1.82, 2.24) is 4.98 Å². The molecule has 0 bridgehead atoms. The zero-order chi connectivity index (χ0) is 14.8. The Labute approximate surface area is 131 Å². The van der Waals surface area contributed by atoms with Crippen LogP contribution in [0.25, 0.3) is 10.9 Å². The van der Waals surface area contributed by atoms with Crippen LogP contribution in [-0.4, -0.2) is 10.9 Å². The molecule has 0 saturated carbocycles. The van der Waals surface area contributed by atoms with E-state index in [0.717, 1.165) is 26.6 Å². The van der Waals surface area contributed by atoms with E-state index < -0.39 is 0 Å². The number of carbonyl (C=O) groups excluding carboxylic acids is 1. The lowest BCUT2D eigenvalue weighted by atomic mass is 10.2. The van der Waals surface area contributed by atoms with Crippen LogP contribution in [0.5, 0.6) is 0 Å². The van der Waals surface area contributed by atoms with Crippen LogP contribution in [0.15, 0.2) is 59.1 Å². The van der Waals surface area contributed by atoms with E-state index in [4.69, 9.17) is 0 Å². The summed E-state index contributed by atoms with van der Waals surface area (Å²) in [7, 11) is 0. The van der Waals surface area contributed by atoms with Gasteiger partial charge in [0.15, 0.2) is 0 Å². The SMILES string of the molecule is Cc1cccc(NC(=O)c2ccc3ccccc3n2)c1Br. The number of hydrogen-bond acceptors (Lipinski definition) is 2. The van der Waals surface area contributed by atoms with Crippen LogP contribution < -0.4 is 5.32 Å². The van der Waals surface area contributed by atoms with E-state index in [2.05, 4.69) is 26.2 Å². The van der Waals surface area contributed by atoms with Crippen LogP contribution in [0.1, 0.15) is 16.1 Å². The number of fused-ring (bicyclic) bond motifs is 1. The van der Waals surface area contributed by atoms with Crippen LogP contribution in [0.2, 0.25) is 0 Å². The van der Waals surface area contributed by atoms with Crippen molar-refractivity contribution in [1.29, 1.82) is 0 Å². The summed E-state index contributed by atoms with van der Waals surface area (Å²) < 4.78 is 0.888. The van der Waals surface area contributed by atoms with E-state index in [1.807, 2.05) is 55.5 Å². The topological polar surface area (TPSA) is 42.0 Å². The molecule has 0 unspecified atom stereocenters. The third-order valence-corrected chi connectivity index (χ3v) is 4.32. The van der Waals surface area contributed by atoms with Gasteiger partial charge >= 0.3 is 0 Å². The summed E-state index contributed by atoms with van der Waals surface area (Å²) in [4.78, 5) is 16.7. The van der Waals surface area contributed by atoms with Crippen molar-refractivity contribution in [2.45, 2.75) is 6.92 Å². The Bertz CT molecular complexity index is 830. The highest BCUT2D eigenvalue weighted by atomic mass is 79.9. The number of amides is 1. The summed E-state index contributed by atoms with van der Waals surface area (Å²) in [5, 5.41) is 3.90. The highest BCUT2D eigenvalue weighted by molar-refractivity contribution is 9.10. The molecule has 0 aliphatic heterocycles. The number of aryl methyl sites for hydroxylation is 1. The zero-order valence-electron chi connectivity index (χ0n) is 11.4. The van der Waals surface area contributed by atoms with Crippen molar-refractivity contribution in [3.8, 4) is 0 Å². The molecule has 21 heavy (non-hydrogen) atoms. The lowest BCUT2D eigenvalue weighted by Crippen LogP contribution is -2.14. The minimum atomic E-state index is -0.216. The Balaban J connectivity index is 1.91. The number of benzene rings is 2. The maximum atomic E-state index is 12.3. The number of nitrogens with one attached hydrogen (secondary N) is 1. The smallest absolute Gasteiger partial charge is 0.274 e. The van der Waals surface area contributed by atoms with Gasteiger partial charge in [0.05, 0.1) is 11.2 Å². The molecule has 2 aromatic carbocycles. The number of carbonyl (C=O) groups is 1. The fourth-order valence-electron chi connectivity index (χ4n) is 2.12. The Hall–Kier alpha value is -2.20. The number of para-hydroxylation sites is 1. The van der Waals surface area contributed by atoms with Crippen molar-refractivity contribution in [2.75, 3.05) is 5.32 Å². The normalized spacial score (nSPS) is 10.6. The van der Waals surface area contributed by atoms with E-state index in [0.29, 0.717) is 5.69 Å². The first kappa shape index (κ1) is 13.8. The van der Waals surface area contributed by atoms with Gasteiger partial charge in [-0.25, -0.2) is 4.98 Å². The molecule has 3 aromatic rings. The van der Waals surface area contributed by atoms with Crippen molar-refractivity contribution >= 4 is 38.4 Å². The van der Waals surface area contributed by atoms with Gasteiger partial charge < -0.3 is 5.32 Å². The van der Waals surface area contributed by atoms with Gasteiger partial charge in [0.1, 0.15) is 5.69 Å². The Kier molecular flexibility index (Phi) is 3.71. The number of pyridine rings is 1. The predicted molar refractivity (Wildman–Crippen MR) is 88.6 cm³/mol. The van der Waals surface area contributed by atoms with E-state index in [-0.39, 0.29) is 5.91 Å². The maximum Gasteiger partial charge on any atom is 0.274 e. The molecule has 3 rings (SSSR count). The first-order valence-corrected chi connectivity index (χ1v) is 7.37. The monoisotopic (exact) mass is 340 g/mol. The molecular weight excluding hydrogens is 328 g/mol. The van der Waals surface area contributed by atoms with Crippen LogP contribution >= 0.6 is 15.9 Å². The fourth-order valence-corrected chi connectivity index (χ4v) is 2.49. The van der Waals surface area contributed by atoms with Crippen molar-refractivity contribution in [2.24, 2.45) is 0 Å². The maximum absolute atomic E-state index is 12.3. The highest BCUT2D eigenvalue weighted by Gasteiger charge is 2.11. The number of rotatable bonds is 2. The summed E-state index contributed by atoms with van der Waals surface area (Å²) in [6, 6.07) is 17.1. The molecule has 1 heterocycles. The van der Waals surface area contributed by atoms with E-state index in [9.17, 15) is 4.79 Å². The van der Waals surface area contributed by atoms with Crippen molar-refractivity contribution in [3.63, 3.8) is 0 Å². The van der Waals surface area contributed by atoms with Crippen LogP contribution in [0.4, 0.5) is 5.69 Å². The fraction of sp³-hybridized carbons (Fsp3) is 0.0588. The van der Waals surface area contributed by atoms with Gasteiger partial charge in [-0.1, -0.05) is 36.4 Å². The minimum Gasteiger partial charge on any atom is -0.320 e. The first-order chi connectivity index (χ1) is 10.1. The van der Waals surface area contributed by atoms with Gasteiger partial charge in [0.2, 0.25) is 0 Å². The summed E-state index contributed by atoms with van der Waals surface area (Å²) in [6.45, 7) is 1.98. The zero-order valence-corrected chi connectivity index (χ0v) is 13.0. The molecule has 4 heteroatoms. The highest BCUT2D eigenvalue weighted by Crippen LogP contribution is 2.26. The largest absolute Gasteiger partial charge is 0.320 e. The first-order valence-electron chi connectivity index (χ1n) is 6.57. The van der Waals surface area contributed by atoms with Crippen LogP contribution in [0.3, 0.4) is 0 Å². The lowest BCUT2D eigenvalue weighted by molar-refractivity contribution is 0.102. The molecule has 0 aliphatic rings. The molecule has 3 nitrogen and oxygen atoms in total. The summed E-state index contributed by atoms with van der Waals surface area (Å²) >= 11 is 3.49. The Morgan fingerprint density at radius 3 is 2.71 bits per heavy atom. The number of hydrogen-bond donors (Lipinski definition) is 1. The second-order valence-corrected chi connectivity index (χ2v) is 5.57. The van der Waals surface area contributed by atoms with Gasteiger partial charge in [-0.15, -0.1) is 0 Å². The molecule has 0 aliphatic carbocycles. The van der Waals surface area contributed by atoms with Gasteiger partial charge in [-0.3, -0.25) is 4.79 Å². The number of halogens is 1. The average Bonchev–Trinajstić information content (AvgIpc) is 2.51. The Morgan fingerprint density at radius 1 is 1.05 bits per heavy atom.